The number of pyridine rings is 1. The number of carbonyl (C=O) groups is 1. The Morgan fingerprint density at radius 2 is 2.29 bits per heavy atom. The third-order valence-electron chi connectivity index (χ3n) is 5.42. The quantitative estimate of drug-likeness (QED) is 0.530. The molecule has 1 atom stereocenters. The van der Waals surface area contributed by atoms with E-state index in [1.165, 1.54) is 4.88 Å². The van der Waals surface area contributed by atoms with Crippen LogP contribution >= 0.6 is 11.3 Å². The van der Waals surface area contributed by atoms with Gasteiger partial charge in [-0.2, -0.15) is 4.98 Å². The number of hydrogen-bond acceptors (Lipinski definition) is 8. The SMILES string of the molecule is COCCN(Cc1cccs1)C(=O)[C@H]1CCCN(c2ccc(-c3nc(C)no3)cn2)C1. The molecule has 1 amide bonds. The number of rotatable bonds is 8. The number of carbonyl (C=O) groups excluding carboxylic acids is 1. The Balaban J connectivity index is 1.43. The van der Waals surface area contributed by atoms with Crippen LogP contribution in [-0.2, 0) is 16.1 Å². The molecule has 31 heavy (non-hydrogen) atoms. The minimum absolute atomic E-state index is 0.0503. The molecule has 0 saturated carbocycles. The van der Waals surface area contributed by atoms with Gasteiger partial charge in [-0.25, -0.2) is 4.98 Å². The maximum atomic E-state index is 13.3. The van der Waals surface area contributed by atoms with E-state index in [1.807, 2.05) is 28.5 Å². The highest BCUT2D eigenvalue weighted by molar-refractivity contribution is 7.09. The molecule has 0 unspecified atom stereocenters. The van der Waals surface area contributed by atoms with Gasteiger partial charge in [0, 0.05) is 37.8 Å². The van der Waals surface area contributed by atoms with Gasteiger partial charge < -0.3 is 19.1 Å². The first kappa shape index (κ1) is 21.5. The average Bonchev–Trinajstić information content (AvgIpc) is 3.48. The Hall–Kier alpha value is -2.78. The van der Waals surface area contributed by atoms with Crippen LogP contribution in [0.5, 0.6) is 0 Å². The van der Waals surface area contributed by atoms with Crippen molar-refractivity contribution in [1.82, 2.24) is 20.0 Å². The van der Waals surface area contributed by atoms with E-state index < -0.39 is 0 Å². The molecular formula is C22H27N5O3S. The summed E-state index contributed by atoms with van der Waals surface area (Å²) in [5, 5.41) is 5.87. The van der Waals surface area contributed by atoms with Crippen LogP contribution in [0.25, 0.3) is 11.5 Å². The molecule has 1 saturated heterocycles. The molecule has 9 heteroatoms. The van der Waals surface area contributed by atoms with E-state index >= 15 is 0 Å². The van der Waals surface area contributed by atoms with Gasteiger partial charge in [0.15, 0.2) is 5.82 Å². The van der Waals surface area contributed by atoms with Crippen LogP contribution in [0.15, 0.2) is 40.4 Å². The number of hydrogen-bond donors (Lipinski definition) is 0. The summed E-state index contributed by atoms with van der Waals surface area (Å²) in [5.41, 5.74) is 0.788. The fourth-order valence-corrected chi connectivity index (χ4v) is 4.54. The van der Waals surface area contributed by atoms with E-state index in [1.54, 1.807) is 31.6 Å². The molecule has 0 spiro atoms. The number of ether oxygens (including phenoxy) is 1. The summed E-state index contributed by atoms with van der Waals surface area (Å²) in [6.07, 6.45) is 3.60. The van der Waals surface area contributed by atoms with Crippen LogP contribution < -0.4 is 4.90 Å². The molecule has 8 nitrogen and oxygen atoms in total. The molecule has 164 valence electrons. The molecule has 4 rings (SSSR count). The maximum absolute atomic E-state index is 13.3. The van der Waals surface area contributed by atoms with Crippen molar-refractivity contribution in [3.8, 4) is 11.5 Å². The summed E-state index contributed by atoms with van der Waals surface area (Å²) >= 11 is 1.67. The van der Waals surface area contributed by atoms with Gasteiger partial charge in [0.2, 0.25) is 5.91 Å². The Bertz CT molecular complexity index is 973. The molecule has 1 aliphatic rings. The molecule has 1 fully saturated rings. The molecule has 0 aliphatic carbocycles. The summed E-state index contributed by atoms with van der Waals surface area (Å²) in [4.78, 5) is 27.5. The predicted molar refractivity (Wildman–Crippen MR) is 119 cm³/mol. The van der Waals surface area contributed by atoms with Gasteiger partial charge in [0.1, 0.15) is 5.82 Å². The molecule has 0 bridgehead atoms. The highest BCUT2D eigenvalue weighted by atomic mass is 32.1. The van der Waals surface area contributed by atoms with E-state index in [9.17, 15) is 4.79 Å². The van der Waals surface area contributed by atoms with E-state index in [-0.39, 0.29) is 11.8 Å². The van der Waals surface area contributed by atoms with E-state index in [0.29, 0.717) is 38.0 Å². The monoisotopic (exact) mass is 441 g/mol. The zero-order chi connectivity index (χ0) is 21.6. The first-order valence-electron chi connectivity index (χ1n) is 10.5. The fraction of sp³-hybridized carbons (Fsp3) is 0.455. The topological polar surface area (TPSA) is 84.6 Å². The van der Waals surface area contributed by atoms with Gasteiger partial charge in [0.05, 0.1) is 24.6 Å². The van der Waals surface area contributed by atoms with Crippen LogP contribution in [-0.4, -0.2) is 59.3 Å². The van der Waals surface area contributed by atoms with E-state index in [2.05, 4.69) is 26.1 Å². The lowest BCUT2D eigenvalue weighted by molar-refractivity contribution is -0.137. The summed E-state index contributed by atoms with van der Waals surface area (Å²) < 4.78 is 10.5. The largest absolute Gasteiger partial charge is 0.383 e. The number of piperidine rings is 1. The van der Waals surface area contributed by atoms with Crippen LogP contribution in [0.1, 0.15) is 23.5 Å². The number of aryl methyl sites for hydroxylation is 1. The molecule has 1 aliphatic heterocycles. The van der Waals surface area contributed by atoms with Crippen molar-refractivity contribution in [3.63, 3.8) is 0 Å². The van der Waals surface area contributed by atoms with Crippen LogP contribution in [0, 0.1) is 12.8 Å². The summed E-state index contributed by atoms with van der Waals surface area (Å²) in [7, 11) is 1.67. The Morgan fingerprint density at radius 3 is 2.97 bits per heavy atom. The minimum atomic E-state index is -0.0503. The number of anilines is 1. The van der Waals surface area contributed by atoms with Crippen molar-refractivity contribution in [2.24, 2.45) is 5.92 Å². The first-order valence-corrected chi connectivity index (χ1v) is 11.3. The molecule has 0 N–H and O–H groups in total. The molecule has 4 heterocycles. The summed E-state index contributed by atoms with van der Waals surface area (Å²) in [6.45, 7) is 5.10. The van der Waals surface area contributed by atoms with Gasteiger partial charge in [-0.15, -0.1) is 11.3 Å². The molecule has 3 aromatic rings. The lowest BCUT2D eigenvalue weighted by Crippen LogP contribution is -2.45. The molecule has 0 aromatic carbocycles. The number of methoxy groups -OCH3 is 1. The number of thiophene rings is 1. The van der Waals surface area contributed by atoms with Crippen LogP contribution in [0.2, 0.25) is 0 Å². The second-order valence-corrected chi connectivity index (χ2v) is 8.70. The van der Waals surface area contributed by atoms with Crippen LogP contribution in [0.3, 0.4) is 0 Å². The Labute approximate surface area is 185 Å². The summed E-state index contributed by atoms with van der Waals surface area (Å²) in [5.74, 6) is 2.06. The lowest BCUT2D eigenvalue weighted by atomic mass is 9.96. The van der Waals surface area contributed by atoms with Gasteiger partial charge in [-0.1, -0.05) is 11.2 Å². The second kappa shape index (κ2) is 10.0. The van der Waals surface area contributed by atoms with Gasteiger partial charge >= 0.3 is 0 Å². The first-order chi connectivity index (χ1) is 15.1. The third kappa shape index (κ3) is 5.29. The van der Waals surface area contributed by atoms with E-state index in [4.69, 9.17) is 9.26 Å². The molecule has 0 radical (unpaired) electrons. The van der Waals surface area contributed by atoms with Crippen molar-refractivity contribution in [2.45, 2.75) is 26.3 Å². The van der Waals surface area contributed by atoms with Gasteiger partial charge in [-0.05, 0) is 43.3 Å². The standard InChI is InChI=1S/C22H27N5O3S/c1-16-24-21(30-25-16)17-7-8-20(23-13-17)26-9-3-5-18(14-26)22(28)27(10-11-29-2)15-19-6-4-12-31-19/h4,6-8,12-13,18H,3,5,9-11,14-15H2,1-2H3/t18-/m0/s1. The zero-order valence-corrected chi connectivity index (χ0v) is 18.7. The molecular weight excluding hydrogens is 414 g/mol. The highest BCUT2D eigenvalue weighted by Gasteiger charge is 2.30. The zero-order valence-electron chi connectivity index (χ0n) is 17.9. The van der Waals surface area contributed by atoms with Crippen molar-refractivity contribution in [3.05, 3.63) is 46.5 Å². The van der Waals surface area contributed by atoms with Gasteiger partial charge in [-0.3, -0.25) is 4.79 Å². The molecule has 3 aromatic heterocycles. The lowest BCUT2D eigenvalue weighted by Gasteiger charge is -2.35. The van der Waals surface area contributed by atoms with Crippen molar-refractivity contribution in [2.75, 3.05) is 38.3 Å². The van der Waals surface area contributed by atoms with Crippen molar-refractivity contribution in [1.29, 1.82) is 0 Å². The average molecular weight is 442 g/mol. The second-order valence-electron chi connectivity index (χ2n) is 7.67. The van der Waals surface area contributed by atoms with Crippen LogP contribution in [0.4, 0.5) is 5.82 Å². The summed E-state index contributed by atoms with van der Waals surface area (Å²) in [6, 6.07) is 7.98. The Morgan fingerprint density at radius 1 is 1.39 bits per heavy atom. The Kier molecular flexibility index (Phi) is 6.93. The minimum Gasteiger partial charge on any atom is -0.383 e. The fourth-order valence-electron chi connectivity index (χ4n) is 3.82. The normalized spacial score (nSPS) is 16.5. The predicted octanol–water partition coefficient (Wildman–Crippen LogP) is 3.39. The van der Waals surface area contributed by atoms with Gasteiger partial charge in [0.25, 0.3) is 5.89 Å². The highest BCUT2D eigenvalue weighted by Crippen LogP contribution is 2.26. The smallest absolute Gasteiger partial charge is 0.259 e. The number of aromatic nitrogens is 3. The maximum Gasteiger partial charge on any atom is 0.259 e. The number of amides is 1. The number of nitrogens with zero attached hydrogens (tertiary/aromatic N) is 5. The van der Waals surface area contributed by atoms with Crippen molar-refractivity contribution >= 4 is 23.1 Å². The van der Waals surface area contributed by atoms with Crippen molar-refractivity contribution < 1.29 is 14.1 Å². The third-order valence-corrected chi connectivity index (χ3v) is 6.28. The van der Waals surface area contributed by atoms with E-state index in [0.717, 1.165) is 30.8 Å².